The van der Waals surface area contributed by atoms with Crippen LogP contribution in [0.5, 0.6) is 11.5 Å². The topological polar surface area (TPSA) is 47.1 Å². The molecular weight excluding hydrogens is 312 g/mol. The average molecular weight is 336 g/mol. The van der Waals surface area contributed by atoms with Crippen LogP contribution in [0, 0.1) is 0 Å². The molecule has 0 saturated heterocycles. The van der Waals surface area contributed by atoms with Gasteiger partial charge in [0, 0.05) is 0 Å². The second-order valence-corrected chi connectivity index (χ2v) is 5.94. The van der Waals surface area contributed by atoms with Gasteiger partial charge in [0.15, 0.2) is 11.5 Å². The second-order valence-electron chi connectivity index (χ2n) is 5.94. The second kappa shape index (κ2) is 7.88. The number of nitrogens with one attached hydrogen (secondary N) is 1. The summed E-state index contributed by atoms with van der Waals surface area (Å²) in [6.45, 7) is 4.26. The fourth-order valence-electron chi connectivity index (χ4n) is 2.75. The number of benzene rings is 2. The molecule has 0 bridgehead atoms. The predicted octanol–water partition coefficient (Wildman–Crippen LogP) is 5.31. The highest BCUT2D eigenvalue weighted by Gasteiger charge is 2.10. The lowest BCUT2D eigenvalue weighted by Gasteiger charge is -2.18. The van der Waals surface area contributed by atoms with Crippen LogP contribution in [-0.4, -0.2) is 23.2 Å². The number of rotatable bonds is 7. The van der Waals surface area contributed by atoms with Crippen molar-refractivity contribution in [1.82, 2.24) is 9.97 Å². The Morgan fingerprint density at radius 1 is 1.04 bits per heavy atom. The van der Waals surface area contributed by atoms with E-state index in [-0.39, 0.29) is 6.10 Å². The zero-order valence-corrected chi connectivity index (χ0v) is 15.0. The summed E-state index contributed by atoms with van der Waals surface area (Å²) >= 11 is 0. The van der Waals surface area contributed by atoms with Crippen molar-refractivity contribution in [2.75, 3.05) is 7.11 Å². The molecule has 0 fully saturated rings. The minimum absolute atomic E-state index is 0.198. The van der Waals surface area contributed by atoms with Crippen molar-refractivity contribution in [1.29, 1.82) is 0 Å². The maximum atomic E-state index is 6.09. The number of H-pyrrole nitrogens is 1. The molecule has 4 heteroatoms. The Bertz CT molecular complexity index is 830. The van der Waals surface area contributed by atoms with Crippen LogP contribution in [-0.2, 0) is 0 Å². The largest absolute Gasteiger partial charge is 0.493 e. The molecule has 1 aromatic heterocycles. The third kappa shape index (κ3) is 4.02. The van der Waals surface area contributed by atoms with Gasteiger partial charge in [-0.25, -0.2) is 4.98 Å². The highest BCUT2D eigenvalue weighted by Crippen LogP contribution is 2.30. The first-order chi connectivity index (χ1) is 12.2. The summed E-state index contributed by atoms with van der Waals surface area (Å²) in [4.78, 5) is 7.86. The first-order valence-electron chi connectivity index (χ1n) is 8.71. The smallest absolute Gasteiger partial charge is 0.162 e. The fourth-order valence-corrected chi connectivity index (χ4v) is 2.75. The Labute approximate surface area is 148 Å². The van der Waals surface area contributed by atoms with E-state index in [0.29, 0.717) is 0 Å². The van der Waals surface area contributed by atoms with E-state index >= 15 is 0 Å². The monoisotopic (exact) mass is 336 g/mol. The molecule has 25 heavy (non-hydrogen) atoms. The van der Waals surface area contributed by atoms with Gasteiger partial charge < -0.3 is 14.5 Å². The lowest BCUT2D eigenvalue weighted by molar-refractivity contribution is 0.185. The summed E-state index contributed by atoms with van der Waals surface area (Å²) in [5, 5.41) is 0. The van der Waals surface area contributed by atoms with Crippen molar-refractivity contribution in [2.24, 2.45) is 0 Å². The lowest BCUT2D eigenvalue weighted by atomic mass is 10.1. The minimum Gasteiger partial charge on any atom is -0.493 e. The molecule has 0 amide bonds. The van der Waals surface area contributed by atoms with Crippen molar-refractivity contribution in [3.63, 3.8) is 0 Å². The summed E-state index contributed by atoms with van der Waals surface area (Å²) < 4.78 is 11.5. The molecule has 3 aromatic rings. The molecule has 3 rings (SSSR count). The number of nitrogens with zero attached hydrogens (tertiary/aromatic N) is 1. The number of hydrogen-bond donors (Lipinski definition) is 1. The van der Waals surface area contributed by atoms with Crippen LogP contribution in [0.15, 0.2) is 42.5 Å². The summed E-state index contributed by atoms with van der Waals surface area (Å²) in [6, 6.07) is 14.0. The van der Waals surface area contributed by atoms with Crippen LogP contribution in [0.1, 0.15) is 38.1 Å². The summed E-state index contributed by atoms with van der Waals surface area (Å²) in [6.07, 6.45) is 6.14. The average Bonchev–Trinajstić information content (AvgIpc) is 3.07. The summed E-state index contributed by atoms with van der Waals surface area (Å²) in [5.41, 5.74) is 3.05. The number of ether oxygens (including phenoxy) is 2. The van der Waals surface area contributed by atoms with E-state index in [1.807, 2.05) is 54.6 Å². The van der Waals surface area contributed by atoms with E-state index in [2.05, 4.69) is 23.8 Å². The van der Waals surface area contributed by atoms with Crippen LogP contribution in [0.25, 0.3) is 23.2 Å². The zero-order chi connectivity index (χ0) is 17.6. The van der Waals surface area contributed by atoms with Crippen LogP contribution in [0.3, 0.4) is 0 Å². The van der Waals surface area contributed by atoms with Gasteiger partial charge in [-0.1, -0.05) is 38.1 Å². The molecule has 0 saturated carbocycles. The number of imidazole rings is 1. The molecule has 0 atom stereocenters. The Kier molecular flexibility index (Phi) is 5.39. The Hall–Kier alpha value is -2.75. The van der Waals surface area contributed by atoms with Gasteiger partial charge >= 0.3 is 0 Å². The zero-order valence-electron chi connectivity index (χ0n) is 15.0. The SMILES string of the molecule is CCC(CC)Oc1cc(C=Cc2nc3ccccc3[nH]2)ccc1OC. The van der Waals surface area contributed by atoms with Crippen LogP contribution >= 0.6 is 0 Å². The molecule has 0 aliphatic heterocycles. The molecular formula is C21H24N2O2. The van der Waals surface area contributed by atoms with E-state index in [4.69, 9.17) is 9.47 Å². The molecule has 4 nitrogen and oxygen atoms in total. The molecule has 130 valence electrons. The van der Waals surface area contributed by atoms with Crippen molar-refractivity contribution in [3.8, 4) is 11.5 Å². The third-order valence-corrected chi connectivity index (χ3v) is 4.23. The highest BCUT2D eigenvalue weighted by molar-refractivity contribution is 5.78. The number of hydrogen-bond acceptors (Lipinski definition) is 3. The molecule has 0 spiro atoms. The predicted molar refractivity (Wildman–Crippen MR) is 103 cm³/mol. The first-order valence-corrected chi connectivity index (χ1v) is 8.71. The van der Waals surface area contributed by atoms with Crippen molar-refractivity contribution < 1.29 is 9.47 Å². The van der Waals surface area contributed by atoms with Crippen molar-refractivity contribution in [3.05, 3.63) is 53.9 Å². The van der Waals surface area contributed by atoms with E-state index in [1.54, 1.807) is 7.11 Å². The van der Waals surface area contributed by atoms with Crippen molar-refractivity contribution in [2.45, 2.75) is 32.8 Å². The van der Waals surface area contributed by atoms with Crippen LogP contribution in [0.2, 0.25) is 0 Å². The van der Waals surface area contributed by atoms with E-state index in [0.717, 1.165) is 46.8 Å². The maximum Gasteiger partial charge on any atom is 0.162 e. The van der Waals surface area contributed by atoms with E-state index < -0.39 is 0 Å². The van der Waals surface area contributed by atoms with E-state index in [1.165, 1.54) is 0 Å². The standard InChI is InChI=1S/C21H24N2O2/c1-4-16(5-2)25-20-14-15(10-12-19(20)24-3)11-13-21-22-17-8-6-7-9-18(17)23-21/h6-14,16H,4-5H2,1-3H3,(H,22,23). The quantitative estimate of drug-likeness (QED) is 0.636. The van der Waals surface area contributed by atoms with Gasteiger partial charge in [0.05, 0.1) is 24.2 Å². The lowest BCUT2D eigenvalue weighted by Crippen LogP contribution is -2.14. The van der Waals surface area contributed by atoms with Crippen LogP contribution < -0.4 is 9.47 Å². The van der Waals surface area contributed by atoms with Gasteiger partial charge in [0.25, 0.3) is 0 Å². The van der Waals surface area contributed by atoms with Crippen molar-refractivity contribution >= 4 is 23.2 Å². The molecule has 0 unspecified atom stereocenters. The Balaban J connectivity index is 1.84. The molecule has 1 N–H and O–H groups in total. The highest BCUT2D eigenvalue weighted by atomic mass is 16.5. The number of para-hydroxylation sites is 2. The van der Waals surface area contributed by atoms with Gasteiger partial charge in [-0.3, -0.25) is 0 Å². The van der Waals surface area contributed by atoms with E-state index in [9.17, 15) is 0 Å². The normalized spacial score (nSPS) is 11.5. The third-order valence-electron chi connectivity index (χ3n) is 4.23. The number of methoxy groups -OCH3 is 1. The van der Waals surface area contributed by atoms with Gasteiger partial charge in [-0.05, 0) is 48.7 Å². The van der Waals surface area contributed by atoms with Gasteiger partial charge in [0.1, 0.15) is 5.82 Å². The first kappa shape index (κ1) is 17.1. The fraction of sp³-hybridized carbons (Fsp3) is 0.286. The minimum atomic E-state index is 0.198. The maximum absolute atomic E-state index is 6.09. The number of fused-ring (bicyclic) bond motifs is 1. The van der Waals surface area contributed by atoms with Gasteiger partial charge in [0.2, 0.25) is 0 Å². The molecule has 2 aromatic carbocycles. The summed E-state index contributed by atoms with van der Waals surface area (Å²) in [7, 11) is 1.67. The molecule has 0 radical (unpaired) electrons. The van der Waals surface area contributed by atoms with Gasteiger partial charge in [-0.2, -0.15) is 0 Å². The molecule has 1 heterocycles. The summed E-state index contributed by atoms with van der Waals surface area (Å²) in [5.74, 6) is 2.37. The number of aromatic amines is 1. The molecule has 0 aliphatic rings. The van der Waals surface area contributed by atoms with Gasteiger partial charge in [-0.15, -0.1) is 0 Å². The Morgan fingerprint density at radius 2 is 1.84 bits per heavy atom. The number of aromatic nitrogens is 2. The molecule has 0 aliphatic carbocycles. The van der Waals surface area contributed by atoms with Crippen LogP contribution in [0.4, 0.5) is 0 Å². The Morgan fingerprint density at radius 3 is 2.56 bits per heavy atom.